The highest BCUT2D eigenvalue weighted by Gasteiger charge is 2.16. The van der Waals surface area contributed by atoms with Crippen LogP contribution in [-0.2, 0) is 6.42 Å². The van der Waals surface area contributed by atoms with Crippen LogP contribution in [0.1, 0.15) is 11.1 Å². The molecule has 2 rings (SSSR count). The van der Waals surface area contributed by atoms with Gasteiger partial charge in [-0.1, -0.05) is 17.7 Å². The first-order chi connectivity index (χ1) is 6.29. The van der Waals surface area contributed by atoms with Crippen molar-refractivity contribution in [3.05, 3.63) is 29.3 Å². The van der Waals surface area contributed by atoms with E-state index in [1.807, 2.05) is 0 Å². The van der Waals surface area contributed by atoms with Crippen LogP contribution in [0.25, 0.3) is 0 Å². The van der Waals surface area contributed by atoms with Crippen LogP contribution in [0.4, 0.5) is 5.69 Å². The van der Waals surface area contributed by atoms with E-state index < -0.39 is 0 Å². The number of aryl methyl sites for hydroxylation is 1. The molecule has 0 fully saturated rings. The van der Waals surface area contributed by atoms with Crippen LogP contribution in [-0.4, -0.2) is 18.3 Å². The van der Waals surface area contributed by atoms with Crippen molar-refractivity contribution in [2.24, 2.45) is 5.92 Å². The van der Waals surface area contributed by atoms with Crippen LogP contribution in [0.3, 0.4) is 0 Å². The fraction of sp³-hybridized carbons (Fsp3) is 0.455. The van der Waals surface area contributed by atoms with E-state index in [1.165, 1.54) is 16.8 Å². The van der Waals surface area contributed by atoms with Gasteiger partial charge in [0.15, 0.2) is 0 Å². The molecule has 2 heteroatoms. The lowest BCUT2D eigenvalue weighted by Crippen LogP contribution is -2.25. The third-order valence-corrected chi connectivity index (χ3v) is 2.61. The minimum Gasteiger partial charge on any atom is -0.396 e. The molecule has 13 heavy (non-hydrogen) atoms. The Hall–Kier alpha value is -1.02. The number of fused-ring (bicyclic) bond motifs is 1. The normalized spacial score (nSPS) is 20.6. The standard InChI is InChI=1S/C11H15NO/c1-8-2-3-11-10(4-8)5-9(7-13)6-12-11/h2-4,9,12-13H,5-7H2,1H3. The largest absolute Gasteiger partial charge is 0.396 e. The molecule has 70 valence electrons. The lowest BCUT2D eigenvalue weighted by molar-refractivity contribution is 0.230. The van der Waals surface area contributed by atoms with E-state index >= 15 is 0 Å². The zero-order valence-corrected chi connectivity index (χ0v) is 7.88. The van der Waals surface area contributed by atoms with Crippen molar-refractivity contribution in [3.63, 3.8) is 0 Å². The molecule has 0 radical (unpaired) electrons. The summed E-state index contributed by atoms with van der Waals surface area (Å²) < 4.78 is 0. The Kier molecular flexibility index (Phi) is 2.23. The summed E-state index contributed by atoms with van der Waals surface area (Å²) in [5.74, 6) is 0.384. The Labute approximate surface area is 78.6 Å². The Morgan fingerprint density at radius 3 is 3.15 bits per heavy atom. The molecule has 0 saturated heterocycles. The molecular weight excluding hydrogens is 162 g/mol. The van der Waals surface area contributed by atoms with Gasteiger partial charge >= 0.3 is 0 Å². The number of rotatable bonds is 1. The van der Waals surface area contributed by atoms with Crippen molar-refractivity contribution >= 4 is 5.69 Å². The highest BCUT2D eigenvalue weighted by molar-refractivity contribution is 5.54. The summed E-state index contributed by atoms with van der Waals surface area (Å²) in [6.45, 7) is 3.27. The van der Waals surface area contributed by atoms with Crippen LogP contribution < -0.4 is 5.32 Å². The van der Waals surface area contributed by atoms with Gasteiger partial charge in [0.2, 0.25) is 0 Å². The predicted octanol–water partition coefficient (Wildman–Crippen LogP) is 1.57. The highest BCUT2D eigenvalue weighted by Crippen LogP contribution is 2.25. The minimum atomic E-state index is 0.278. The van der Waals surface area contributed by atoms with Gasteiger partial charge in [0.05, 0.1) is 0 Å². The predicted molar refractivity (Wildman–Crippen MR) is 53.9 cm³/mol. The van der Waals surface area contributed by atoms with Gasteiger partial charge in [-0.3, -0.25) is 0 Å². The number of nitrogens with one attached hydrogen (secondary N) is 1. The van der Waals surface area contributed by atoms with Crippen molar-refractivity contribution in [1.82, 2.24) is 0 Å². The number of aliphatic hydroxyl groups is 1. The molecule has 1 heterocycles. The second-order valence-electron chi connectivity index (χ2n) is 3.79. The molecule has 1 unspecified atom stereocenters. The third kappa shape index (κ3) is 1.68. The number of aliphatic hydroxyl groups excluding tert-OH is 1. The van der Waals surface area contributed by atoms with Gasteiger partial charge in [0.1, 0.15) is 0 Å². The maximum Gasteiger partial charge on any atom is 0.0479 e. The van der Waals surface area contributed by atoms with E-state index in [-0.39, 0.29) is 6.61 Å². The average molecular weight is 177 g/mol. The van der Waals surface area contributed by atoms with Crippen molar-refractivity contribution in [1.29, 1.82) is 0 Å². The molecule has 2 N–H and O–H groups in total. The van der Waals surface area contributed by atoms with Crippen molar-refractivity contribution < 1.29 is 5.11 Å². The van der Waals surface area contributed by atoms with Gasteiger partial charge in [-0.15, -0.1) is 0 Å². The fourth-order valence-corrected chi connectivity index (χ4v) is 1.83. The third-order valence-electron chi connectivity index (χ3n) is 2.61. The molecular formula is C11H15NO. The highest BCUT2D eigenvalue weighted by atomic mass is 16.3. The summed E-state index contributed by atoms with van der Waals surface area (Å²) in [5, 5.41) is 12.4. The SMILES string of the molecule is Cc1ccc2c(c1)CC(CO)CN2. The molecule has 1 aromatic carbocycles. The zero-order valence-electron chi connectivity index (χ0n) is 7.88. The molecule has 0 bridgehead atoms. The first kappa shape index (κ1) is 8.57. The molecule has 1 aliphatic rings. The average Bonchev–Trinajstić information content (AvgIpc) is 2.16. The quantitative estimate of drug-likeness (QED) is 0.682. The van der Waals surface area contributed by atoms with E-state index in [2.05, 4.69) is 30.4 Å². The zero-order chi connectivity index (χ0) is 9.26. The first-order valence-electron chi connectivity index (χ1n) is 4.74. The summed E-state index contributed by atoms with van der Waals surface area (Å²) in [5.41, 5.74) is 3.86. The second-order valence-corrected chi connectivity index (χ2v) is 3.79. The van der Waals surface area contributed by atoms with E-state index in [4.69, 9.17) is 5.11 Å². The molecule has 0 saturated carbocycles. The Bertz CT molecular complexity index is 309. The molecule has 0 aromatic heterocycles. The van der Waals surface area contributed by atoms with Crippen molar-refractivity contribution in [3.8, 4) is 0 Å². The summed E-state index contributed by atoms with van der Waals surface area (Å²) in [4.78, 5) is 0. The Balaban J connectivity index is 2.27. The molecule has 0 spiro atoms. The van der Waals surface area contributed by atoms with E-state index in [0.29, 0.717) is 5.92 Å². The topological polar surface area (TPSA) is 32.3 Å². The van der Waals surface area contributed by atoms with Crippen LogP contribution in [0.5, 0.6) is 0 Å². The smallest absolute Gasteiger partial charge is 0.0479 e. The van der Waals surface area contributed by atoms with E-state index in [9.17, 15) is 0 Å². The van der Waals surface area contributed by atoms with Crippen LogP contribution in [0, 0.1) is 12.8 Å². The van der Waals surface area contributed by atoms with Crippen molar-refractivity contribution in [2.75, 3.05) is 18.5 Å². The number of anilines is 1. The Morgan fingerprint density at radius 2 is 2.38 bits per heavy atom. The summed E-state index contributed by atoms with van der Waals surface area (Å²) in [6.07, 6.45) is 1.00. The van der Waals surface area contributed by atoms with Gasteiger partial charge in [-0.05, 0) is 25.0 Å². The van der Waals surface area contributed by atoms with Gasteiger partial charge < -0.3 is 10.4 Å². The maximum absolute atomic E-state index is 9.05. The van der Waals surface area contributed by atoms with Gasteiger partial charge in [0, 0.05) is 24.8 Å². The van der Waals surface area contributed by atoms with Crippen LogP contribution >= 0.6 is 0 Å². The number of hydrogen-bond acceptors (Lipinski definition) is 2. The van der Waals surface area contributed by atoms with Crippen molar-refractivity contribution in [2.45, 2.75) is 13.3 Å². The maximum atomic E-state index is 9.05. The molecule has 1 aromatic rings. The van der Waals surface area contributed by atoms with Gasteiger partial charge in [-0.25, -0.2) is 0 Å². The molecule has 0 amide bonds. The van der Waals surface area contributed by atoms with Crippen LogP contribution in [0.2, 0.25) is 0 Å². The fourth-order valence-electron chi connectivity index (χ4n) is 1.83. The summed E-state index contributed by atoms with van der Waals surface area (Å²) >= 11 is 0. The van der Waals surface area contributed by atoms with Gasteiger partial charge in [-0.2, -0.15) is 0 Å². The molecule has 1 aliphatic heterocycles. The summed E-state index contributed by atoms with van der Waals surface area (Å²) in [6, 6.07) is 6.44. The summed E-state index contributed by atoms with van der Waals surface area (Å²) in [7, 11) is 0. The lowest BCUT2D eigenvalue weighted by Gasteiger charge is -2.24. The number of benzene rings is 1. The lowest BCUT2D eigenvalue weighted by atomic mass is 9.93. The number of hydrogen-bond donors (Lipinski definition) is 2. The molecule has 0 aliphatic carbocycles. The minimum absolute atomic E-state index is 0.278. The Morgan fingerprint density at radius 1 is 1.54 bits per heavy atom. The van der Waals surface area contributed by atoms with E-state index in [1.54, 1.807) is 0 Å². The van der Waals surface area contributed by atoms with Gasteiger partial charge in [0.25, 0.3) is 0 Å². The van der Waals surface area contributed by atoms with E-state index in [0.717, 1.165) is 13.0 Å². The molecule has 1 atom stereocenters. The van der Waals surface area contributed by atoms with Crippen LogP contribution in [0.15, 0.2) is 18.2 Å². The second kappa shape index (κ2) is 3.38. The first-order valence-corrected chi connectivity index (χ1v) is 4.74. The monoisotopic (exact) mass is 177 g/mol. The molecule has 2 nitrogen and oxygen atoms in total.